The fourth-order valence-corrected chi connectivity index (χ4v) is 1.69. The summed E-state index contributed by atoms with van der Waals surface area (Å²) in [6.45, 7) is 8.98. The summed E-state index contributed by atoms with van der Waals surface area (Å²) in [5, 5.41) is 11.3. The van der Waals surface area contributed by atoms with E-state index in [2.05, 4.69) is 24.3 Å². The van der Waals surface area contributed by atoms with E-state index in [0.717, 1.165) is 36.8 Å². The van der Waals surface area contributed by atoms with Crippen LogP contribution in [0.5, 0.6) is 0 Å². The maximum absolute atomic E-state index is 11.9. The lowest BCUT2D eigenvalue weighted by atomic mass is 9.89. The van der Waals surface area contributed by atoms with Crippen molar-refractivity contribution in [1.82, 2.24) is 5.32 Å². The van der Waals surface area contributed by atoms with Crippen molar-refractivity contribution in [2.24, 2.45) is 5.41 Å². The second-order valence-electron chi connectivity index (χ2n) is 6.42. The number of likely N-dealkylation sites (N-methyl/N-ethyl adjacent to an activating group) is 1. The van der Waals surface area contributed by atoms with Gasteiger partial charge in [-0.3, -0.25) is 10.1 Å². The van der Waals surface area contributed by atoms with Crippen molar-refractivity contribution in [2.75, 3.05) is 40.3 Å². The molecule has 0 bridgehead atoms. The number of hydrogen-bond donors (Lipinski definition) is 2. The van der Waals surface area contributed by atoms with Crippen LogP contribution in [-0.2, 0) is 9.68 Å². The number of carbonyl (C=O) groups excluding carboxylic acids is 1. The lowest BCUT2D eigenvalue weighted by molar-refractivity contribution is -0.889. The predicted molar refractivity (Wildman–Crippen MR) is 76.7 cm³/mol. The highest BCUT2D eigenvalue weighted by Gasteiger charge is 2.25. The molecule has 0 aliphatic heterocycles. The van der Waals surface area contributed by atoms with Crippen LogP contribution in [0, 0.1) is 5.41 Å². The van der Waals surface area contributed by atoms with Gasteiger partial charge in [0.1, 0.15) is 0 Å². The van der Waals surface area contributed by atoms with E-state index >= 15 is 0 Å². The average Bonchev–Trinajstić information content (AvgIpc) is 2.34. The van der Waals surface area contributed by atoms with Crippen LogP contribution in [0.25, 0.3) is 0 Å². The van der Waals surface area contributed by atoms with E-state index < -0.39 is 0 Å². The highest BCUT2D eigenvalue weighted by molar-refractivity contribution is 5.81. The predicted octanol–water partition coefficient (Wildman–Crippen LogP) is 1.88. The standard InChI is InChI=1S/C14H30N2O3/c1-6-14(2,3)13(17)15-9-11-16(4,5)10-7-8-12-19-18/h6-12H2,1-5H3,(H-,15,17,18)/p+1. The van der Waals surface area contributed by atoms with Gasteiger partial charge in [-0.15, -0.1) is 0 Å². The molecule has 0 saturated carbocycles. The van der Waals surface area contributed by atoms with Crippen molar-refractivity contribution in [2.45, 2.75) is 40.0 Å². The Hall–Kier alpha value is -0.650. The normalized spacial score (nSPS) is 12.5. The molecular formula is C14H31N2O3+. The third-order valence-corrected chi connectivity index (χ3v) is 3.75. The van der Waals surface area contributed by atoms with Crippen LogP contribution >= 0.6 is 0 Å². The molecule has 1 amide bonds. The molecule has 0 fully saturated rings. The zero-order valence-corrected chi connectivity index (χ0v) is 13.2. The first-order valence-electron chi connectivity index (χ1n) is 7.12. The number of amides is 1. The molecule has 0 aromatic heterocycles. The molecule has 0 unspecified atom stereocenters. The molecule has 0 atom stereocenters. The largest absolute Gasteiger partial charge is 0.350 e. The number of quaternary nitrogens is 1. The molecule has 0 aliphatic rings. The summed E-state index contributed by atoms with van der Waals surface area (Å²) in [6.07, 6.45) is 2.70. The van der Waals surface area contributed by atoms with Crippen molar-refractivity contribution in [3.63, 3.8) is 0 Å². The zero-order valence-electron chi connectivity index (χ0n) is 13.2. The van der Waals surface area contributed by atoms with Crippen LogP contribution in [-0.4, -0.2) is 56.0 Å². The molecule has 114 valence electrons. The molecule has 0 aromatic rings. The second kappa shape index (κ2) is 8.51. The fourth-order valence-electron chi connectivity index (χ4n) is 1.69. The van der Waals surface area contributed by atoms with Gasteiger partial charge in [-0.25, -0.2) is 4.89 Å². The maximum Gasteiger partial charge on any atom is 0.225 e. The smallest absolute Gasteiger partial charge is 0.225 e. The van der Waals surface area contributed by atoms with Crippen LogP contribution in [0.2, 0.25) is 0 Å². The quantitative estimate of drug-likeness (QED) is 0.277. The van der Waals surface area contributed by atoms with Gasteiger partial charge in [0, 0.05) is 5.41 Å². The van der Waals surface area contributed by atoms with Crippen molar-refractivity contribution in [3.05, 3.63) is 0 Å². The molecule has 0 radical (unpaired) electrons. The van der Waals surface area contributed by atoms with Crippen molar-refractivity contribution in [3.8, 4) is 0 Å². The van der Waals surface area contributed by atoms with Crippen molar-refractivity contribution in [1.29, 1.82) is 0 Å². The first-order valence-corrected chi connectivity index (χ1v) is 7.12. The van der Waals surface area contributed by atoms with E-state index in [9.17, 15) is 4.79 Å². The summed E-state index contributed by atoms with van der Waals surface area (Å²) in [7, 11) is 4.30. The topological polar surface area (TPSA) is 58.6 Å². The summed E-state index contributed by atoms with van der Waals surface area (Å²) >= 11 is 0. The van der Waals surface area contributed by atoms with Crippen LogP contribution in [0.1, 0.15) is 40.0 Å². The Bertz CT molecular complexity index is 265. The van der Waals surface area contributed by atoms with E-state index in [0.29, 0.717) is 13.2 Å². The number of rotatable bonds is 10. The van der Waals surface area contributed by atoms with Gasteiger partial charge in [0.25, 0.3) is 0 Å². The molecule has 19 heavy (non-hydrogen) atoms. The molecular weight excluding hydrogens is 244 g/mol. The Labute approximate surface area is 117 Å². The van der Waals surface area contributed by atoms with Gasteiger partial charge in [0.15, 0.2) is 0 Å². The highest BCUT2D eigenvalue weighted by atomic mass is 17.1. The molecule has 0 saturated heterocycles. The number of nitrogens with one attached hydrogen (secondary N) is 1. The maximum atomic E-state index is 11.9. The molecule has 0 rings (SSSR count). The van der Waals surface area contributed by atoms with E-state index in [4.69, 9.17) is 5.26 Å². The molecule has 2 N–H and O–H groups in total. The van der Waals surface area contributed by atoms with Gasteiger partial charge in [0.05, 0.1) is 40.3 Å². The lowest BCUT2D eigenvalue weighted by Crippen LogP contribution is -2.47. The summed E-state index contributed by atoms with van der Waals surface area (Å²) in [4.78, 5) is 16.0. The summed E-state index contributed by atoms with van der Waals surface area (Å²) in [5.74, 6) is 0.128. The molecule has 0 aliphatic carbocycles. The van der Waals surface area contributed by atoms with Gasteiger partial charge in [-0.1, -0.05) is 20.8 Å². The molecule has 0 aromatic carbocycles. The minimum Gasteiger partial charge on any atom is -0.350 e. The fraction of sp³-hybridized carbons (Fsp3) is 0.929. The Morgan fingerprint density at radius 3 is 2.42 bits per heavy atom. The highest BCUT2D eigenvalue weighted by Crippen LogP contribution is 2.19. The van der Waals surface area contributed by atoms with Gasteiger partial charge in [-0.2, -0.15) is 0 Å². The van der Waals surface area contributed by atoms with Gasteiger partial charge >= 0.3 is 0 Å². The summed E-state index contributed by atoms with van der Waals surface area (Å²) < 4.78 is 0.859. The minimum atomic E-state index is -0.282. The Kier molecular flexibility index (Phi) is 8.22. The van der Waals surface area contributed by atoms with Gasteiger partial charge in [-0.05, 0) is 19.3 Å². The zero-order chi connectivity index (χ0) is 14.9. The van der Waals surface area contributed by atoms with Gasteiger partial charge in [0.2, 0.25) is 5.91 Å². The molecule has 0 spiro atoms. The first kappa shape index (κ1) is 18.4. The Morgan fingerprint density at radius 1 is 1.26 bits per heavy atom. The third kappa shape index (κ3) is 8.18. The second-order valence-corrected chi connectivity index (χ2v) is 6.42. The van der Waals surface area contributed by atoms with Crippen molar-refractivity contribution < 1.29 is 19.4 Å². The van der Waals surface area contributed by atoms with E-state index in [1.807, 2.05) is 20.8 Å². The minimum absolute atomic E-state index is 0.128. The first-order chi connectivity index (χ1) is 8.75. The number of carbonyl (C=O) groups is 1. The molecule has 5 nitrogen and oxygen atoms in total. The van der Waals surface area contributed by atoms with E-state index in [-0.39, 0.29) is 11.3 Å². The third-order valence-electron chi connectivity index (χ3n) is 3.75. The monoisotopic (exact) mass is 275 g/mol. The van der Waals surface area contributed by atoms with E-state index in [1.54, 1.807) is 0 Å². The molecule has 0 heterocycles. The van der Waals surface area contributed by atoms with Crippen molar-refractivity contribution >= 4 is 5.91 Å². The van der Waals surface area contributed by atoms with E-state index in [1.165, 1.54) is 0 Å². The van der Waals surface area contributed by atoms with Crippen LogP contribution in [0.15, 0.2) is 0 Å². The SMILES string of the molecule is CCC(C)(C)C(=O)NCC[N+](C)(C)CCCCOO. The number of hydrogen-bond acceptors (Lipinski definition) is 3. The molecule has 5 heteroatoms. The average molecular weight is 275 g/mol. The van der Waals surface area contributed by atoms with Crippen LogP contribution < -0.4 is 5.32 Å². The lowest BCUT2D eigenvalue weighted by Gasteiger charge is -2.30. The number of nitrogens with zero attached hydrogens (tertiary/aromatic N) is 1. The summed E-state index contributed by atoms with van der Waals surface area (Å²) in [5.41, 5.74) is -0.282. The Balaban J connectivity index is 3.88. The Morgan fingerprint density at radius 2 is 1.89 bits per heavy atom. The van der Waals surface area contributed by atoms with Gasteiger partial charge < -0.3 is 9.80 Å². The van der Waals surface area contributed by atoms with Crippen LogP contribution in [0.3, 0.4) is 0 Å². The summed E-state index contributed by atoms with van der Waals surface area (Å²) in [6, 6.07) is 0. The van der Waals surface area contributed by atoms with Crippen LogP contribution in [0.4, 0.5) is 0 Å². The number of unbranched alkanes of at least 4 members (excludes halogenated alkanes) is 1.